The van der Waals surface area contributed by atoms with Crippen molar-refractivity contribution in [3.05, 3.63) is 42.5 Å². The van der Waals surface area contributed by atoms with Crippen molar-refractivity contribution in [1.82, 2.24) is 0 Å². The number of rotatable bonds is 6. The van der Waals surface area contributed by atoms with E-state index in [1.165, 1.54) is 6.08 Å². The third-order valence-corrected chi connectivity index (χ3v) is 2.45. The zero-order valence-electron chi connectivity index (χ0n) is 12.4. The molecule has 4 nitrogen and oxygen atoms in total. The van der Waals surface area contributed by atoms with Crippen LogP contribution in [0.3, 0.4) is 0 Å². The quantitative estimate of drug-likeness (QED) is 0.641. The first-order valence-electron chi connectivity index (χ1n) is 6.63. The summed E-state index contributed by atoms with van der Waals surface area (Å²) in [5.41, 5.74) is 6.53. The molecule has 1 rings (SSSR count). The number of carbonyl (C=O) groups excluding carboxylic acids is 1. The Labute approximate surface area is 120 Å². The molecular formula is C16H23NO3. The van der Waals surface area contributed by atoms with Crippen LogP contribution in [-0.4, -0.2) is 24.2 Å². The Morgan fingerprint density at radius 3 is 2.45 bits per heavy atom. The molecule has 0 aliphatic heterocycles. The number of esters is 1. The van der Waals surface area contributed by atoms with E-state index in [1.54, 1.807) is 0 Å². The summed E-state index contributed by atoms with van der Waals surface area (Å²) in [5.74, 6) is 0.379. The fourth-order valence-corrected chi connectivity index (χ4v) is 1.63. The Morgan fingerprint density at radius 2 is 1.95 bits per heavy atom. The average molecular weight is 277 g/mol. The van der Waals surface area contributed by atoms with Crippen molar-refractivity contribution in [2.75, 3.05) is 6.61 Å². The first-order valence-corrected chi connectivity index (χ1v) is 6.63. The van der Waals surface area contributed by atoms with Gasteiger partial charge >= 0.3 is 5.97 Å². The van der Waals surface area contributed by atoms with Crippen LogP contribution in [0.1, 0.15) is 26.3 Å². The molecule has 1 aromatic carbocycles. The van der Waals surface area contributed by atoms with Gasteiger partial charge in [0.25, 0.3) is 0 Å². The van der Waals surface area contributed by atoms with Crippen LogP contribution in [0, 0.1) is 0 Å². The summed E-state index contributed by atoms with van der Waals surface area (Å²) in [7, 11) is 0. The monoisotopic (exact) mass is 277 g/mol. The Kier molecular flexibility index (Phi) is 5.77. The van der Waals surface area contributed by atoms with Crippen LogP contribution in [0.25, 0.3) is 0 Å². The predicted molar refractivity (Wildman–Crippen MR) is 79.7 cm³/mol. The Bertz CT molecular complexity index is 446. The van der Waals surface area contributed by atoms with Gasteiger partial charge < -0.3 is 15.2 Å². The fraction of sp³-hybridized carbons (Fsp3) is 0.438. The number of hydrogen-bond donors (Lipinski definition) is 1. The molecule has 4 heteroatoms. The summed E-state index contributed by atoms with van der Waals surface area (Å²) in [5, 5.41) is 0. The minimum Gasteiger partial charge on any atom is -0.488 e. The largest absolute Gasteiger partial charge is 0.488 e. The van der Waals surface area contributed by atoms with Gasteiger partial charge in [0.2, 0.25) is 0 Å². The Hall–Kier alpha value is -1.81. The summed E-state index contributed by atoms with van der Waals surface area (Å²) in [6.07, 6.45) is 1.95. The molecule has 0 unspecified atom stereocenters. The maximum Gasteiger partial charge on any atom is 0.323 e. The van der Waals surface area contributed by atoms with Gasteiger partial charge in [-0.1, -0.05) is 24.8 Å². The van der Waals surface area contributed by atoms with Crippen LogP contribution in [-0.2, 0) is 16.0 Å². The van der Waals surface area contributed by atoms with Gasteiger partial charge in [-0.15, -0.1) is 0 Å². The van der Waals surface area contributed by atoms with Gasteiger partial charge in [-0.25, -0.2) is 0 Å². The van der Waals surface area contributed by atoms with Crippen molar-refractivity contribution in [3.8, 4) is 5.75 Å². The number of nitrogens with two attached hydrogens (primary N) is 1. The summed E-state index contributed by atoms with van der Waals surface area (Å²) in [6, 6.07) is 6.90. The van der Waals surface area contributed by atoms with E-state index in [4.69, 9.17) is 15.2 Å². The van der Waals surface area contributed by atoms with Gasteiger partial charge in [0, 0.05) is 0 Å². The lowest BCUT2D eigenvalue weighted by Gasteiger charge is -2.21. The average Bonchev–Trinajstić information content (AvgIpc) is 2.36. The Morgan fingerprint density at radius 1 is 1.35 bits per heavy atom. The summed E-state index contributed by atoms with van der Waals surface area (Å²) in [4.78, 5) is 11.5. The molecule has 0 heterocycles. The Balaban J connectivity index is 2.56. The van der Waals surface area contributed by atoms with E-state index in [1.807, 2.05) is 45.0 Å². The number of benzene rings is 1. The van der Waals surface area contributed by atoms with Crippen LogP contribution in [0.2, 0.25) is 0 Å². The minimum absolute atomic E-state index is 0.185. The molecule has 0 amide bonds. The SMILES string of the molecule is C=CCOC(=O)[C@@H](N)Cc1ccc(OC(C)(C)C)cc1. The van der Waals surface area contributed by atoms with Gasteiger partial charge in [0.1, 0.15) is 24.0 Å². The normalized spacial score (nSPS) is 12.6. The van der Waals surface area contributed by atoms with Crippen molar-refractivity contribution in [3.63, 3.8) is 0 Å². The van der Waals surface area contributed by atoms with E-state index in [0.717, 1.165) is 11.3 Å². The highest BCUT2D eigenvalue weighted by atomic mass is 16.5. The van der Waals surface area contributed by atoms with Gasteiger partial charge in [-0.2, -0.15) is 0 Å². The maximum atomic E-state index is 11.5. The molecule has 2 N–H and O–H groups in total. The second-order valence-electron chi connectivity index (χ2n) is 5.59. The molecule has 0 saturated heterocycles. The van der Waals surface area contributed by atoms with E-state index >= 15 is 0 Å². The molecule has 0 aliphatic carbocycles. The predicted octanol–water partition coefficient (Wildman–Crippen LogP) is 2.46. The molecule has 0 aliphatic rings. The standard InChI is InChI=1S/C16H23NO3/c1-5-10-19-15(18)14(17)11-12-6-8-13(9-7-12)20-16(2,3)4/h5-9,14H,1,10-11,17H2,2-4H3/t14-/m0/s1. The summed E-state index contributed by atoms with van der Waals surface area (Å²) in [6.45, 7) is 9.65. The highest BCUT2D eigenvalue weighted by Gasteiger charge is 2.16. The zero-order valence-corrected chi connectivity index (χ0v) is 12.4. The van der Waals surface area contributed by atoms with Gasteiger partial charge in [-0.3, -0.25) is 4.79 Å². The molecular weight excluding hydrogens is 254 g/mol. The van der Waals surface area contributed by atoms with E-state index < -0.39 is 12.0 Å². The van der Waals surface area contributed by atoms with Crippen LogP contribution < -0.4 is 10.5 Å². The van der Waals surface area contributed by atoms with Crippen molar-refractivity contribution in [2.24, 2.45) is 5.73 Å². The lowest BCUT2D eigenvalue weighted by atomic mass is 10.1. The van der Waals surface area contributed by atoms with Crippen molar-refractivity contribution < 1.29 is 14.3 Å². The molecule has 1 atom stereocenters. The number of carbonyl (C=O) groups is 1. The molecule has 1 aromatic rings. The molecule has 110 valence electrons. The third-order valence-electron chi connectivity index (χ3n) is 2.45. The van der Waals surface area contributed by atoms with Gasteiger partial charge in [-0.05, 0) is 44.9 Å². The van der Waals surface area contributed by atoms with Crippen LogP contribution in [0.5, 0.6) is 5.75 Å². The van der Waals surface area contributed by atoms with Crippen molar-refractivity contribution in [2.45, 2.75) is 38.8 Å². The van der Waals surface area contributed by atoms with Gasteiger partial charge in [0.05, 0.1) is 0 Å². The molecule has 0 fully saturated rings. The maximum absolute atomic E-state index is 11.5. The number of hydrogen-bond acceptors (Lipinski definition) is 4. The van der Waals surface area contributed by atoms with Crippen molar-refractivity contribution in [1.29, 1.82) is 0 Å². The third kappa shape index (κ3) is 5.89. The van der Waals surface area contributed by atoms with E-state index in [2.05, 4.69) is 6.58 Å². The summed E-state index contributed by atoms with van der Waals surface area (Å²) < 4.78 is 10.6. The van der Waals surface area contributed by atoms with E-state index in [-0.39, 0.29) is 12.2 Å². The topological polar surface area (TPSA) is 61.5 Å². The minimum atomic E-state index is -0.663. The molecule has 20 heavy (non-hydrogen) atoms. The van der Waals surface area contributed by atoms with Crippen LogP contribution in [0.4, 0.5) is 0 Å². The molecule has 0 spiro atoms. The van der Waals surface area contributed by atoms with Crippen LogP contribution >= 0.6 is 0 Å². The first-order chi connectivity index (χ1) is 9.31. The first kappa shape index (κ1) is 16.2. The molecule has 0 radical (unpaired) electrons. The second-order valence-corrected chi connectivity index (χ2v) is 5.59. The second kappa shape index (κ2) is 7.10. The molecule has 0 aromatic heterocycles. The van der Waals surface area contributed by atoms with Gasteiger partial charge in [0.15, 0.2) is 0 Å². The smallest absolute Gasteiger partial charge is 0.323 e. The van der Waals surface area contributed by atoms with Crippen LogP contribution in [0.15, 0.2) is 36.9 Å². The molecule has 0 bridgehead atoms. The lowest BCUT2D eigenvalue weighted by molar-refractivity contribution is -0.143. The highest BCUT2D eigenvalue weighted by molar-refractivity contribution is 5.76. The van der Waals surface area contributed by atoms with Crippen molar-refractivity contribution >= 4 is 5.97 Å². The zero-order chi connectivity index (χ0) is 15.2. The molecule has 0 saturated carbocycles. The fourth-order valence-electron chi connectivity index (χ4n) is 1.63. The number of ether oxygens (including phenoxy) is 2. The summed E-state index contributed by atoms with van der Waals surface area (Å²) >= 11 is 0. The van der Waals surface area contributed by atoms with E-state index in [9.17, 15) is 4.79 Å². The van der Waals surface area contributed by atoms with E-state index in [0.29, 0.717) is 6.42 Å². The lowest BCUT2D eigenvalue weighted by Crippen LogP contribution is -2.34. The highest BCUT2D eigenvalue weighted by Crippen LogP contribution is 2.19.